The van der Waals surface area contributed by atoms with Crippen molar-refractivity contribution >= 4 is 11.7 Å². The number of carbonyl (C=O) groups excluding carboxylic acids is 2. The van der Waals surface area contributed by atoms with Crippen LogP contribution in [0.5, 0.6) is 0 Å². The first kappa shape index (κ1) is 18.9. The molecule has 1 aliphatic carbocycles. The van der Waals surface area contributed by atoms with Gasteiger partial charge in [-0.15, -0.1) is 0 Å². The van der Waals surface area contributed by atoms with Crippen LogP contribution in [0.2, 0.25) is 0 Å². The van der Waals surface area contributed by atoms with Crippen molar-refractivity contribution in [1.29, 1.82) is 0 Å². The standard InChI is InChI=1S/C24H27NO3/c26-16-14-22-3-1-2-15-25(22)24(28)21-12-6-18(7-13-21)17-4-8-19(9-5-17)23(27)20-10-11-20/h4-9,12-13,20,22,26H,1-3,10-11,14-16H2. The number of aliphatic hydroxyl groups is 1. The van der Waals surface area contributed by atoms with Crippen LogP contribution in [-0.4, -0.2) is 40.9 Å². The quantitative estimate of drug-likeness (QED) is 0.763. The molecule has 0 spiro atoms. The molecule has 1 unspecified atom stereocenters. The van der Waals surface area contributed by atoms with E-state index in [1.54, 1.807) is 0 Å². The summed E-state index contributed by atoms with van der Waals surface area (Å²) in [6, 6.07) is 15.6. The number of hydrogen-bond donors (Lipinski definition) is 1. The van der Waals surface area contributed by atoms with E-state index in [0.717, 1.165) is 55.3 Å². The van der Waals surface area contributed by atoms with Crippen molar-refractivity contribution in [3.05, 3.63) is 59.7 Å². The Kier molecular flexibility index (Phi) is 5.58. The Balaban J connectivity index is 1.47. The molecule has 2 aromatic rings. The van der Waals surface area contributed by atoms with Gasteiger partial charge in [0.2, 0.25) is 0 Å². The minimum absolute atomic E-state index is 0.0510. The van der Waals surface area contributed by atoms with Crippen molar-refractivity contribution in [2.75, 3.05) is 13.2 Å². The largest absolute Gasteiger partial charge is 0.396 e. The first-order valence-electron chi connectivity index (χ1n) is 10.3. The van der Waals surface area contributed by atoms with Crippen LogP contribution in [0.25, 0.3) is 11.1 Å². The van der Waals surface area contributed by atoms with Crippen molar-refractivity contribution in [2.24, 2.45) is 5.92 Å². The van der Waals surface area contributed by atoms with E-state index >= 15 is 0 Å². The van der Waals surface area contributed by atoms with Crippen molar-refractivity contribution in [3.8, 4) is 11.1 Å². The number of benzene rings is 2. The fraction of sp³-hybridized carbons (Fsp3) is 0.417. The molecule has 1 amide bonds. The number of aliphatic hydroxyl groups excluding tert-OH is 1. The molecule has 1 aliphatic heterocycles. The molecule has 2 aromatic carbocycles. The molecular formula is C24H27NO3. The fourth-order valence-corrected chi connectivity index (χ4v) is 4.10. The van der Waals surface area contributed by atoms with E-state index in [2.05, 4.69) is 0 Å². The van der Waals surface area contributed by atoms with Crippen molar-refractivity contribution in [3.63, 3.8) is 0 Å². The summed E-state index contributed by atoms with van der Waals surface area (Å²) in [6.45, 7) is 0.883. The van der Waals surface area contributed by atoms with Gasteiger partial charge in [-0.3, -0.25) is 9.59 Å². The van der Waals surface area contributed by atoms with Crippen LogP contribution in [0.3, 0.4) is 0 Å². The molecule has 1 N–H and O–H groups in total. The average molecular weight is 377 g/mol. The molecule has 4 rings (SSSR count). The summed E-state index contributed by atoms with van der Waals surface area (Å²) in [7, 11) is 0. The zero-order valence-corrected chi connectivity index (χ0v) is 16.1. The minimum atomic E-state index is 0.0510. The van der Waals surface area contributed by atoms with Gasteiger partial charge in [-0.05, 0) is 61.8 Å². The summed E-state index contributed by atoms with van der Waals surface area (Å²) in [6.07, 6.45) is 5.80. The Hall–Kier alpha value is -2.46. The van der Waals surface area contributed by atoms with Gasteiger partial charge in [0.15, 0.2) is 5.78 Å². The summed E-state index contributed by atoms with van der Waals surface area (Å²) < 4.78 is 0. The van der Waals surface area contributed by atoms with Gasteiger partial charge >= 0.3 is 0 Å². The second-order valence-electron chi connectivity index (χ2n) is 7.95. The normalized spacial score (nSPS) is 19.5. The van der Waals surface area contributed by atoms with Crippen LogP contribution < -0.4 is 0 Å². The molecule has 0 bridgehead atoms. The van der Waals surface area contributed by atoms with Gasteiger partial charge in [-0.2, -0.15) is 0 Å². The van der Waals surface area contributed by atoms with E-state index in [4.69, 9.17) is 0 Å². The zero-order chi connectivity index (χ0) is 19.5. The molecule has 1 heterocycles. The number of nitrogens with zero attached hydrogens (tertiary/aromatic N) is 1. The van der Waals surface area contributed by atoms with Crippen LogP contribution in [0.4, 0.5) is 0 Å². The first-order chi connectivity index (χ1) is 13.7. The maximum atomic E-state index is 12.9. The van der Waals surface area contributed by atoms with E-state index in [-0.39, 0.29) is 30.3 Å². The molecule has 1 saturated carbocycles. The number of amides is 1. The van der Waals surface area contributed by atoms with Gasteiger partial charge in [0, 0.05) is 36.2 Å². The summed E-state index contributed by atoms with van der Waals surface area (Å²) in [5, 5.41) is 9.28. The molecular weight excluding hydrogens is 350 g/mol. The van der Waals surface area contributed by atoms with Gasteiger partial charge in [-0.1, -0.05) is 36.4 Å². The molecule has 2 fully saturated rings. The third-order valence-corrected chi connectivity index (χ3v) is 5.93. The van der Waals surface area contributed by atoms with E-state index in [1.165, 1.54) is 0 Å². The maximum Gasteiger partial charge on any atom is 0.254 e. The Morgan fingerprint density at radius 1 is 0.857 bits per heavy atom. The van der Waals surface area contributed by atoms with Gasteiger partial charge in [-0.25, -0.2) is 0 Å². The molecule has 0 aromatic heterocycles. The summed E-state index contributed by atoms with van der Waals surface area (Å²) >= 11 is 0. The molecule has 1 saturated heterocycles. The van der Waals surface area contributed by atoms with Crippen LogP contribution in [-0.2, 0) is 0 Å². The number of piperidine rings is 1. The Labute approximate surface area is 166 Å². The van der Waals surface area contributed by atoms with Crippen LogP contribution in [0, 0.1) is 5.92 Å². The van der Waals surface area contributed by atoms with Crippen molar-refractivity contribution < 1.29 is 14.7 Å². The number of likely N-dealkylation sites (tertiary alicyclic amines) is 1. The summed E-state index contributed by atoms with van der Waals surface area (Å²) in [4.78, 5) is 27.0. The summed E-state index contributed by atoms with van der Waals surface area (Å²) in [5.74, 6) is 0.544. The average Bonchev–Trinajstić information content (AvgIpc) is 3.59. The maximum absolute atomic E-state index is 12.9. The van der Waals surface area contributed by atoms with E-state index < -0.39 is 0 Å². The number of rotatable bonds is 6. The fourth-order valence-electron chi connectivity index (χ4n) is 4.10. The molecule has 1 atom stereocenters. The SMILES string of the molecule is O=C(c1ccc(-c2ccc(C(=O)N3CCCCC3CCO)cc2)cc1)C1CC1. The third-order valence-electron chi connectivity index (χ3n) is 5.93. The Morgan fingerprint density at radius 3 is 2.04 bits per heavy atom. The molecule has 4 heteroatoms. The van der Waals surface area contributed by atoms with Crippen LogP contribution >= 0.6 is 0 Å². The lowest BCUT2D eigenvalue weighted by Gasteiger charge is -2.35. The second kappa shape index (κ2) is 8.27. The van der Waals surface area contributed by atoms with E-state index in [0.29, 0.717) is 12.0 Å². The minimum Gasteiger partial charge on any atom is -0.396 e. The number of Topliss-reactive ketones (excluding diaryl/α,β-unsaturated/α-hetero) is 1. The molecule has 0 radical (unpaired) electrons. The van der Waals surface area contributed by atoms with Gasteiger partial charge < -0.3 is 10.0 Å². The van der Waals surface area contributed by atoms with Crippen molar-refractivity contribution in [1.82, 2.24) is 4.90 Å². The third kappa shape index (κ3) is 4.02. The highest BCUT2D eigenvalue weighted by atomic mass is 16.3. The smallest absolute Gasteiger partial charge is 0.254 e. The number of hydrogen-bond acceptors (Lipinski definition) is 3. The van der Waals surface area contributed by atoms with E-state index in [9.17, 15) is 14.7 Å². The van der Waals surface area contributed by atoms with E-state index in [1.807, 2.05) is 53.4 Å². The lowest BCUT2D eigenvalue weighted by molar-refractivity contribution is 0.0574. The van der Waals surface area contributed by atoms with Gasteiger partial charge in [0.1, 0.15) is 0 Å². The molecule has 28 heavy (non-hydrogen) atoms. The molecule has 146 valence electrons. The van der Waals surface area contributed by atoms with Crippen LogP contribution in [0.15, 0.2) is 48.5 Å². The number of carbonyl (C=O) groups is 2. The zero-order valence-electron chi connectivity index (χ0n) is 16.1. The topological polar surface area (TPSA) is 57.6 Å². The molecule has 2 aliphatic rings. The Bertz CT molecular complexity index is 835. The lowest BCUT2D eigenvalue weighted by Crippen LogP contribution is -2.44. The highest BCUT2D eigenvalue weighted by molar-refractivity contribution is 5.99. The Morgan fingerprint density at radius 2 is 1.46 bits per heavy atom. The second-order valence-corrected chi connectivity index (χ2v) is 7.95. The van der Waals surface area contributed by atoms with Gasteiger partial charge in [0.05, 0.1) is 0 Å². The highest BCUT2D eigenvalue weighted by Crippen LogP contribution is 2.33. The summed E-state index contributed by atoms with van der Waals surface area (Å²) in [5.41, 5.74) is 3.56. The monoisotopic (exact) mass is 377 g/mol. The molecule has 4 nitrogen and oxygen atoms in total. The highest BCUT2D eigenvalue weighted by Gasteiger charge is 2.30. The van der Waals surface area contributed by atoms with Crippen LogP contribution in [0.1, 0.15) is 59.2 Å². The lowest BCUT2D eigenvalue weighted by atomic mass is 9.97. The number of ketones is 1. The van der Waals surface area contributed by atoms with Gasteiger partial charge in [0.25, 0.3) is 5.91 Å². The predicted octanol–water partition coefficient (Wildman–Crippen LogP) is 4.32. The van der Waals surface area contributed by atoms with Crippen molar-refractivity contribution in [2.45, 2.75) is 44.6 Å². The first-order valence-corrected chi connectivity index (χ1v) is 10.3. The predicted molar refractivity (Wildman–Crippen MR) is 109 cm³/mol.